The van der Waals surface area contributed by atoms with Crippen LogP contribution in [0.1, 0.15) is 34.6 Å². The number of hydrogen-bond donors (Lipinski definition) is 1. The van der Waals surface area contributed by atoms with E-state index in [1.165, 1.54) is 0 Å². The molecule has 0 aliphatic carbocycles. The van der Waals surface area contributed by atoms with Crippen molar-refractivity contribution in [1.82, 2.24) is 9.88 Å². The van der Waals surface area contributed by atoms with Gasteiger partial charge in [-0.25, -0.2) is 0 Å². The Labute approximate surface area is 141 Å². The molecular formula is C18H21ClN2O2. The van der Waals surface area contributed by atoms with Gasteiger partial charge in [0.1, 0.15) is 0 Å². The molecule has 1 amide bonds. The highest BCUT2D eigenvalue weighted by Crippen LogP contribution is 2.23. The van der Waals surface area contributed by atoms with Crippen LogP contribution in [0.4, 0.5) is 0 Å². The predicted octanol–water partition coefficient (Wildman–Crippen LogP) is 3.66. The normalized spacial score (nSPS) is 17.4. The summed E-state index contributed by atoms with van der Waals surface area (Å²) < 4.78 is 7.64. The Balaban J connectivity index is 1.81. The Morgan fingerprint density at radius 1 is 1.30 bits per heavy atom. The minimum atomic E-state index is -0.158. The van der Waals surface area contributed by atoms with E-state index in [4.69, 9.17) is 16.3 Å². The summed E-state index contributed by atoms with van der Waals surface area (Å²) in [6.45, 7) is 5.39. The number of carbonyl (C=O) groups is 1. The molecule has 1 N–H and O–H groups in total. The Hall–Kier alpha value is -1.78. The summed E-state index contributed by atoms with van der Waals surface area (Å²) in [4.78, 5) is 12.5. The average Bonchev–Trinajstić information content (AvgIpc) is 3.16. The zero-order valence-electron chi connectivity index (χ0n) is 13.4. The topological polar surface area (TPSA) is 43.3 Å². The van der Waals surface area contributed by atoms with Crippen molar-refractivity contribution >= 4 is 17.5 Å². The lowest BCUT2D eigenvalue weighted by Gasteiger charge is -2.14. The average molecular weight is 333 g/mol. The second-order valence-corrected chi connectivity index (χ2v) is 6.37. The Kier molecular flexibility index (Phi) is 4.74. The van der Waals surface area contributed by atoms with Crippen molar-refractivity contribution in [1.29, 1.82) is 0 Å². The zero-order valence-corrected chi connectivity index (χ0v) is 14.2. The van der Waals surface area contributed by atoms with Crippen LogP contribution < -0.4 is 5.32 Å². The lowest BCUT2D eigenvalue weighted by molar-refractivity contribution is 0.0858. The highest BCUT2D eigenvalue weighted by molar-refractivity contribution is 6.33. The van der Waals surface area contributed by atoms with Gasteiger partial charge in [-0.2, -0.15) is 0 Å². The third kappa shape index (κ3) is 3.43. The molecule has 0 radical (unpaired) electrons. The molecule has 4 nitrogen and oxygen atoms in total. The standard InChI is InChI=1S/C18H21ClN2O2/c1-12-5-6-13(2)21(12)14-7-8-17(19)16(10-14)18(22)20-11-15-4-3-9-23-15/h5-8,10,15H,3-4,9,11H2,1-2H3,(H,20,22)/t15-/m0/s1. The summed E-state index contributed by atoms with van der Waals surface area (Å²) in [7, 11) is 0. The largest absolute Gasteiger partial charge is 0.376 e. The van der Waals surface area contributed by atoms with Gasteiger partial charge < -0.3 is 14.6 Å². The van der Waals surface area contributed by atoms with E-state index in [1.54, 1.807) is 6.07 Å². The van der Waals surface area contributed by atoms with Gasteiger partial charge in [-0.1, -0.05) is 11.6 Å². The minimum absolute atomic E-state index is 0.120. The molecule has 3 rings (SSSR count). The van der Waals surface area contributed by atoms with E-state index in [-0.39, 0.29) is 12.0 Å². The Morgan fingerprint density at radius 2 is 2.04 bits per heavy atom. The molecule has 0 spiro atoms. The maximum absolute atomic E-state index is 12.5. The molecule has 2 heterocycles. The number of aromatic nitrogens is 1. The zero-order chi connectivity index (χ0) is 16.4. The molecule has 122 valence electrons. The van der Waals surface area contributed by atoms with Crippen LogP contribution in [0.5, 0.6) is 0 Å². The van der Waals surface area contributed by atoms with Gasteiger partial charge in [0.05, 0.1) is 16.7 Å². The van der Waals surface area contributed by atoms with Gasteiger partial charge in [0.25, 0.3) is 5.91 Å². The van der Waals surface area contributed by atoms with Crippen molar-refractivity contribution in [2.45, 2.75) is 32.8 Å². The first-order valence-corrected chi connectivity index (χ1v) is 8.29. The van der Waals surface area contributed by atoms with Crippen LogP contribution in [-0.4, -0.2) is 29.7 Å². The van der Waals surface area contributed by atoms with Crippen molar-refractivity contribution in [3.63, 3.8) is 0 Å². The van der Waals surface area contributed by atoms with E-state index in [0.717, 1.165) is 36.5 Å². The quantitative estimate of drug-likeness (QED) is 0.928. The molecule has 5 heteroatoms. The number of nitrogens with one attached hydrogen (secondary N) is 1. The summed E-state index contributed by atoms with van der Waals surface area (Å²) in [6.07, 6.45) is 2.17. The maximum atomic E-state index is 12.5. The van der Waals surface area contributed by atoms with Gasteiger partial charge in [0.2, 0.25) is 0 Å². The summed E-state index contributed by atoms with van der Waals surface area (Å²) >= 11 is 6.23. The van der Waals surface area contributed by atoms with E-state index in [2.05, 4.69) is 22.0 Å². The number of halogens is 1. The number of benzene rings is 1. The second kappa shape index (κ2) is 6.77. The molecule has 23 heavy (non-hydrogen) atoms. The van der Waals surface area contributed by atoms with E-state index in [0.29, 0.717) is 17.1 Å². The van der Waals surface area contributed by atoms with Crippen molar-refractivity contribution in [2.24, 2.45) is 0 Å². The van der Waals surface area contributed by atoms with Crippen molar-refractivity contribution in [3.05, 3.63) is 52.3 Å². The number of ether oxygens (including phenoxy) is 1. The SMILES string of the molecule is Cc1ccc(C)n1-c1ccc(Cl)c(C(=O)NC[C@@H]2CCCO2)c1. The van der Waals surface area contributed by atoms with Gasteiger partial charge in [-0.15, -0.1) is 0 Å². The second-order valence-electron chi connectivity index (χ2n) is 5.96. The van der Waals surface area contributed by atoms with Crippen molar-refractivity contribution < 1.29 is 9.53 Å². The number of nitrogens with zero attached hydrogens (tertiary/aromatic N) is 1. The molecule has 0 bridgehead atoms. The third-order valence-electron chi connectivity index (χ3n) is 4.24. The molecule has 1 aromatic heterocycles. The van der Waals surface area contributed by atoms with Crippen LogP contribution in [0.25, 0.3) is 5.69 Å². The number of carbonyl (C=O) groups excluding carboxylic acids is 1. The highest BCUT2D eigenvalue weighted by atomic mass is 35.5. The number of amides is 1. The van der Waals surface area contributed by atoms with Crippen LogP contribution in [-0.2, 0) is 4.74 Å². The number of hydrogen-bond acceptors (Lipinski definition) is 2. The molecule has 2 aromatic rings. The molecule has 0 saturated carbocycles. The summed E-state index contributed by atoms with van der Waals surface area (Å²) in [5, 5.41) is 3.39. The first kappa shape index (κ1) is 16.1. The lowest BCUT2D eigenvalue weighted by Crippen LogP contribution is -2.32. The maximum Gasteiger partial charge on any atom is 0.252 e. The van der Waals surface area contributed by atoms with E-state index >= 15 is 0 Å². The molecule has 1 atom stereocenters. The summed E-state index contributed by atoms with van der Waals surface area (Å²) in [5.74, 6) is -0.158. The number of aryl methyl sites for hydroxylation is 2. The first-order valence-electron chi connectivity index (χ1n) is 7.91. The van der Waals surface area contributed by atoms with E-state index in [9.17, 15) is 4.79 Å². The molecular weight excluding hydrogens is 312 g/mol. The molecule has 0 unspecified atom stereocenters. The van der Waals surface area contributed by atoms with Gasteiger partial charge >= 0.3 is 0 Å². The van der Waals surface area contributed by atoms with E-state index in [1.807, 2.05) is 26.0 Å². The van der Waals surface area contributed by atoms with E-state index < -0.39 is 0 Å². The smallest absolute Gasteiger partial charge is 0.252 e. The monoisotopic (exact) mass is 332 g/mol. The molecule has 1 aromatic carbocycles. The molecule has 1 aliphatic rings. The molecule has 1 saturated heterocycles. The summed E-state index contributed by atoms with van der Waals surface area (Å²) in [6, 6.07) is 9.66. The molecule has 1 fully saturated rings. The fraction of sp³-hybridized carbons (Fsp3) is 0.389. The van der Waals surface area contributed by atoms with Crippen molar-refractivity contribution in [3.8, 4) is 5.69 Å². The van der Waals surface area contributed by atoms with Crippen molar-refractivity contribution in [2.75, 3.05) is 13.2 Å². The van der Waals surface area contributed by atoms with Crippen LogP contribution in [0.15, 0.2) is 30.3 Å². The predicted molar refractivity (Wildman–Crippen MR) is 91.6 cm³/mol. The Morgan fingerprint density at radius 3 is 2.70 bits per heavy atom. The Bertz CT molecular complexity index is 698. The summed E-state index contributed by atoms with van der Waals surface area (Å²) in [5.41, 5.74) is 3.68. The van der Waals surface area contributed by atoms with Gasteiger partial charge in [-0.3, -0.25) is 4.79 Å². The molecule has 1 aliphatic heterocycles. The number of rotatable bonds is 4. The minimum Gasteiger partial charge on any atom is -0.376 e. The first-order chi connectivity index (χ1) is 11.1. The lowest BCUT2D eigenvalue weighted by atomic mass is 10.1. The van der Waals surface area contributed by atoms with Gasteiger partial charge in [-0.05, 0) is 57.0 Å². The highest BCUT2D eigenvalue weighted by Gasteiger charge is 2.18. The van der Waals surface area contributed by atoms with Crippen LogP contribution >= 0.6 is 11.6 Å². The van der Waals surface area contributed by atoms with Crippen LogP contribution in [0, 0.1) is 13.8 Å². The fourth-order valence-corrected chi connectivity index (χ4v) is 3.21. The third-order valence-corrected chi connectivity index (χ3v) is 4.57. The van der Waals surface area contributed by atoms with Crippen LogP contribution in [0.3, 0.4) is 0 Å². The fourth-order valence-electron chi connectivity index (χ4n) is 3.01. The van der Waals surface area contributed by atoms with Gasteiger partial charge in [0.15, 0.2) is 0 Å². The van der Waals surface area contributed by atoms with Crippen LogP contribution in [0.2, 0.25) is 5.02 Å². The van der Waals surface area contributed by atoms with Gasteiger partial charge in [0, 0.05) is 30.2 Å².